The summed E-state index contributed by atoms with van der Waals surface area (Å²) in [4.78, 5) is 0. The molecule has 7 heteroatoms. The zero-order valence-corrected chi connectivity index (χ0v) is 10.1. The third-order valence-electron chi connectivity index (χ3n) is 2.22. The molecule has 6 nitrogen and oxygen atoms in total. The van der Waals surface area contributed by atoms with E-state index in [1.807, 2.05) is 57.9 Å². The molecule has 0 radical (unpaired) electrons. The van der Waals surface area contributed by atoms with Gasteiger partial charge in [-0.05, 0) is 22.6 Å². The second-order valence-corrected chi connectivity index (χ2v) is 3.58. The van der Waals surface area contributed by atoms with Crippen LogP contribution in [-0.2, 0) is 0 Å². The van der Waals surface area contributed by atoms with Gasteiger partial charge >= 0.3 is 0 Å². The first kappa shape index (κ1) is 9.58. The number of tetrazole rings is 1. The third-order valence-corrected chi connectivity index (χ3v) is 2.67. The van der Waals surface area contributed by atoms with Crippen molar-refractivity contribution in [3.63, 3.8) is 0 Å². The molecule has 0 unspecified atom stereocenters. The van der Waals surface area contributed by atoms with Crippen LogP contribution >= 0.6 is 23.0 Å². The molecule has 0 aliphatic heterocycles. The number of imidazole rings is 1. The Morgan fingerprint density at radius 1 is 1.19 bits per heavy atom. The lowest BCUT2D eigenvalue weighted by molar-refractivity contribution is 0.657. The highest BCUT2D eigenvalue weighted by atomic mass is 127. The minimum absolute atomic E-state index is 0.623. The van der Waals surface area contributed by atoms with Gasteiger partial charge in [0.15, 0.2) is 23.0 Å². The number of aromatic nitrogens is 5. The van der Waals surface area contributed by atoms with E-state index >= 15 is 0 Å². The lowest BCUT2D eigenvalue weighted by Crippen LogP contribution is -1.96. The zero-order valence-electron chi connectivity index (χ0n) is 7.99. The van der Waals surface area contributed by atoms with E-state index in [1.54, 1.807) is 10.7 Å². The summed E-state index contributed by atoms with van der Waals surface area (Å²) in [6.07, 6.45) is 1.73. The summed E-state index contributed by atoms with van der Waals surface area (Å²) >= 11 is 1.83. The second kappa shape index (κ2) is 3.74. The Morgan fingerprint density at radius 3 is 2.75 bits per heavy atom. The largest absolute Gasteiger partial charge is 0.408 e. The third kappa shape index (κ3) is 1.35. The normalized spacial score (nSPS) is 10.8. The second-order valence-electron chi connectivity index (χ2n) is 3.14. The predicted molar refractivity (Wildman–Crippen MR) is 64.8 cm³/mol. The standard InChI is InChI=1S/C9H6IN5O/c10-16-8-6-14-9(11-12-13-14)15(8)7-4-2-1-3-5-7/h1-6H. The molecule has 0 N–H and O–H groups in total. The van der Waals surface area contributed by atoms with Crippen LogP contribution in [0.1, 0.15) is 0 Å². The Hall–Kier alpha value is -1.64. The molecule has 0 spiro atoms. The average Bonchev–Trinajstić information content (AvgIpc) is 2.89. The highest BCUT2D eigenvalue weighted by molar-refractivity contribution is 14.1. The molecule has 3 rings (SSSR count). The topological polar surface area (TPSA) is 57.2 Å². The maximum atomic E-state index is 5.25. The lowest BCUT2D eigenvalue weighted by Gasteiger charge is -2.04. The summed E-state index contributed by atoms with van der Waals surface area (Å²) < 4.78 is 8.66. The van der Waals surface area contributed by atoms with Crippen LogP contribution in [0.4, 0.5) is 0 Å². The van der Waals surface area contributed by atoms with Crippen LogP contribution in [0.25, 0.3) is 11.5 Å². The van der Waals surface area contributed by atoms with Crippen molar-refractivity contribution < 1.29 is 3.07 Å². The van der Waals surface area contributed by atoms with Gasteiger partial charge in [-0.3, -0.25) is 0 Å². The fourth-order valence-electron chi connectivity index (χ4n) is 1.55. The lowest BCUT2D eigenvalue weighted by atomic mass is 10.3. The Balaban J connectivity index is 2.32. The maximum absolute atomic E-state index is 5.25. The first-order valence-corrected chi connectivity index (χ1v) is 5.41. The first-order chi connectivity index (χ1) is 7.90. The summed E-state index contributed by atoms with van der Waals surface area (Å²) in [6.45, 7) is 0. The van der Waals surface area contributed by atoms with Crippen LogP contribution in [0.2, 0.25) is 0 Å². The Kier molecular flexibility index (Phi) is 2.24. The number of fused-ring (bicyclic) bond motifs is 1. The van der Waals surface area contributed by atoms with Gasteiger partial charge in [0.2, 0.25) is 5.88 Å². The van der Waals surface area contributed by atoms with E-state index in [9.17, 15) is 0 Å². The van der Waals surface area contributed by atoms with E-state index in [2.05, 4.69) is 15.5 Å². The van der Waals surface area contributed by atoms with Crippen molar-refractivity contribution in [3.8, 4) is 11.6 Å². The van der Waals surface area contributed by atoms with Gasteiger partial charge < -0.3 is 3.07 Å². The maximum Gasteiger partial charge on any atom is 0.261 e. The molecule has 0 saturated heterocycles. The molecule has 0 aliphatic rings. The van der Waals surface area contributed by atoms with Gasteiger partial charge in [0, 0.05) is 0 Å². The monoisotopic (exact) mass is 327 g/mol. The average molecular weight is 327 g/mol. The summed E-state index contributed by atoms with van der Waals surface area (Å²) in [5.74, 6) is 1.28. The van der Waals surface area contributed by atoms with Crippen molar-refractivity contribution in [3.05, 3.63) is 36.5 Å². The number of rotatable bonds is 2. The van der Waals surface area contributed by atoms with Gasteiger partial charge in [0.1, 0.15) is 0 Å². The van der Waals surface area contributed by atoms with Crippen molar-refractivity contribution in [2.75, 3.05) is 0 Å². The van der Waals surface area contributed by atoms with E-state index in [0.717, 1.165) is 5.69 Å². The summed E-state index contributed by atoms with van der Waals surface area (Å²) in [7, 11) is 0. The minimum Gasteiger partial charge on any atom is -0.408 e. The van der Waals surface area contributed by atoms with E-state index in [4.69, 9.17) is 3.07 Å². The SMILES string of the molecule is IOc1cn2nnnc2n1-c1ccccc1. The summed E-state index contributed by atoms with van der Waals surface area (Å²) in [5, 5.41) is 11.4. The highest BCUT2D eigenvalue weighted by Gasteiger charge is 2.13. The first-order valence-electron chi connectivity index (χ1n) is 4.53. The molecule has 1 aromatic carbocycles. The highest BCUT2D eigenvalue weighted by Crippen LogP contribution is 2.23. The van der Waals surface area contributed by atoms with E-state index in [1.165, 1.54) is 0 Å². The quantitative estimate of drug-likeness (QED) is 0.672. The number of hydrogen-bond donors (Lipinski definition) is 0. The van der Waals surface area contributed by atoms with Crippen LogP contribution in [0.15, 0.2) is 36.5 Å². The van der Waals surface area contributed by atoms with Crippen LogP contribution in [0, 0.1) is 0 Å². The Labute approximate surface area is 105 Å². The molecular formula is C9H6IN5O. The molecule has 16 heavy (non-hydrogen) atoms. The molecule has 0 amide bonds. The van der Waals surface area contributed by atoms with E-state index < -0.39 is 0 Å². The predicted octanol–water partition coefficient (Wildman–Crippen LogP) is 1.64. The van der Waals surface area contributed by atoms with E-state index in [0.29, 0.717) is 11.7 Å². The van der Waals surface area contributed by atoms with Gasteiger partial charge in [-0.1, -0.05) is 23.3 Å². The summed E-state index contributed by atoms with van der Waals surface area (Å²) in [5.41, 5.74) is 0.957. The van der Waals surface area contributed by atoms with Gasteiger partial charge in [0.05, 0.1) is 11.9 Å². The smallest absolute Gasteiger partial charge is 0.261 e. The van der Waals surface area contributed by atoms with Crippen molar-refractivity contribution in [2.45, 2.75) is 0 Å². The molecule has 2 heterocycles. The van der Waals surface area contributed by atoms with Crippen molar-refractivity contribution in [2.24, 2.45) is 0 Å². The molecule has 2 aromatic heterocycles. The molecule has 0 bridgehead atoms. The summed E-state index contributed by atoms with van der Waals surface area (Å²) in [6, 6.07) is 9.79. The van der Waals surface area contributed by atoms with Crippen LogP contribution in [-0.4, -0.2) is 24.6 Å². The molecule has 3 aromatic rings. The van der Waals surface area contributed by atoms with Crippen molar-refractivity contribution >= 4 is 28.8 Å². The number of hydrogen-bond acceptors (Lipinski definition) is 4. The molecule has 0 fully saturated rings. The fourth-order valence-corrected chi connectivity index (χ4v) is 1.87. The van der Waals surface area contributed by atoms with Gasteiger partial charge in [0.25, 0.3) is 5.78 Å². The van der Waals surface area contributed by atoms with Gasteiger partial charge in [-0.15, -0.1) is 0 Å². The van der Waals surface area contributed by atoms with E-state index in [-0.39, 0.29) is 0 Å². The van der Waals surface area contributed by atoms with Gasteiger partial charge in [-0.25, -0.2) is 4.57 Å². The number of nitrogens with zero attached hydrogens (tertiary/aromatic N) is 5. The molecule has 0 saturated carbocycles. The molecule has 80 valence electrons. The minimum atomic E-state index is 0.623. The van der Waals surface area contributed by atoms with Crippen LogP contribution in [0.3, 0.4) is 0 Å². The van der Waals surface area contributed by atoms with Crippen molar-refractivity contribution in [1.82, 2.24) is 24.6 Å². The Bertz CT molecular complexity index is 617. The van der Waals surface area contributed by atoms with Crippen molar-refractivity contribution in [1.29, 1.82) is 0 Å². The number of para-hydroxylation sites is 1. The molecule has 0 aliphatic carbocycles. The molecule has 0 atom stereocenters. The molecular weight excluding hydrogens is 321 g/mol. The number of halogens is 1. The van der Waals surface area contributed by atoms with Gasteiger partial charge in [-0.2, -0.15) is 4.52 Å². The number of benzene rings is 1. The fraction of sp³-hybridized carbons (Fsp3) is 0. The Morgan fingerprint density at radius 2 is 2.00 bits per heavy atom. The van der Waals surface area contributed by atoms with Crippen LogP contribution < -0.4 is 3.07 Å². The zero-order chi connectivity index (χ0) is 11.0. The van der Waals surface area contributed by atoms with Crippen LogP contribution in [0.5, 0.6) is 5.88 Å².